The van der Waals surface area contributed by atoms with Crippen LogP contribution in [0.15, 0.2) is 48.5 Å². The Morgan fingerprint density at radius 2 is 1.88 bits per heavy atom. The van der Waals surface area contributed by atoms with E-state index in [0.29, 0.717) is 18.7 Å². The maximum atomic E-state index is 13.2. The Morgan fingerprint density at radius 1 is 1.12 bits per heavy atom. The quantitative estimate of drug-likeness (QED) is 0.683. The number of nitrogens with zero attached hydrogens (tertiary/aromatic N) is 1. The molecule has 8 heteroatoms. The lowest BCUT2D eigenvalue weighted by Crippen LogP contribution is -2.47. The van der Waals surface area contributed by atoms with E-state index >= 15 is 0 Å². The molecule has 3 rings (SSSR count). The minimum Gasteiger partial charge on any atom is -0.348 e. The normalized spacial score (nSPS) is 16.7. The summed E-state index contributed by atoms with van der Waals surface area (Å²) >= 11 is 0. The zero-order valence-electron chi connectivity index (χ0n) is 18.2. The number of carbonyl (C=O) groups excluding carboxylic acids is 2. The number of rotatable bonds is 5. The summed E-state index contributed by atoms with van der Waals surface area (Å²) < 4.78 is 39.5. The Kier molecular flexibility index (Phi) is 7.43. The van der Waals surface area contributed by atoms with Crippen LogP contribution in [0.3, 0.4) is 0 Å². The molecule has 0 bridgehead atoms. The fraction of sp³-hybridized carbons (Fsp3) is 0.417. The highest BCUT2D eigenvalue weighted by molar-refractivity contribution is 5.94. The summed E-state index contributed by atoms with van der Waals surface area (Å²) in [6, 6.07) is 12.3. The summed E-state index contributed by atoms with van der Waals surface area (Å²) in [4.78, 5) is 26.8. The van der Waals surface area contributed by atoms with Crippen molar-refractivity contribution in [2.75, 3.05) is 13.1 Å². The minimum absolute atomic E-state index is 0.0172. The number of likely N-dealkylation sites (tertiary alicyclic amines) is 1. The second kappa shape index (κ2) is 10.1. The third-order valence-corrected chi connectivity index (χ3v) is 5.50. The highest BCUT2D eigenvalue weighted by Gasteiger charge is 2.33. The molecule has 1 atom stereocenters. The van der Waals surface area contributed by atoms with Crippen molar-refractivity contribution >= 4 is 11.9 Å². The smallest absolute Gasteiger partial charge is 0.348 e. The lowest BCUT2D eigenvalue weighted by Gasteiger charge is -2.33. The first-order valence-electron chi connectivity index (χ1n) is 10.7. The number of halogens is 3. The van der Waals surface area contributed by atoms with Crippen LogP contribution in [0.25, 0.3) is 0 Å². The summed E-state index contributed by atoms with van der Waals surface area (Å²) in [6.07, 6.45) is -2.72. The molecule has 1 heterocycles. The fourth-order valence-electron chi connectivity index (χ4n) is 3.93. The van der Waals surface area contributed by atoms with Crippen molar-refractivity contribution in [2.24, 2.45) is 0 Å². The van der Waals surface area contributed by atoms with Crippen LogP contribution in [0.1, 0.15) is 59.7 Å². The molecule has 2 aromatic carbocycles. The molecule has 1 aliphatic heterocycles. The van der Waals surface area contributed by atoms with Crippen LogP contribution in [0.4, 0.5) is 18.0 Å². The molecule has 0 spiro atoms. The van der Waals surface area contributed by atoms with E-state index in [9.17, 15) is 22.8 Å². The van der Waals surface area contributed by atoms with Gasteiger partial charge in [0.05, 0.1) is 5.56 Å². The zero-order valence-corrected chi connectivity index (χ0v) is 18.2. The Labute approximate surface area is 186 Å². The Hall–Kier alpha value is -3.03. The van der Waals surface area contributed by atoms with Crippen LogP contribution in [-0.4, -0.2) is 36.0 Å². The van der Waals surface area contributed by atoms with Gasteiger partial charge in [0.2, 0.25) is 0 Å². The van der Waals surface area contributed by atoms with Gasteiger partial charge in [0.1, 0.15) is 0 Å². The molecule has 1 aliphatic rings. The van der Waals surface area contributed by atoms with E-state index in [-0.39, 0.29) is 30.1 Å². The van der Waals surface area contributed by atoms with Crippen molar-refractivity contribution in [3.8, 4) is 0 Å². The monoisotopic (exact) mass is 447 g/mol. The predicted molar refractivity (Wildman–Crippen MR) is 116 cm³/mol. The van der Waals surface area contributed by atoms with Gasteiger partial charge in [0, 0.05) is 37.2 Å². The standard InChI is InChI=1S/C24H28F3N3O2/c1-16(2)29-23(32)30-12-6-10-20(15-30)17-8-5-9-18(13-17)22(31)28-14-19-7-3-4-11-21(19)24(25,26)27/h3-5,7-9,11,13,16,20H,6,10,12,14-15H2,1-2H3,(H,28,31)(H,29,32)/t20-/m0/s1. The van der Waals surface area contributed by atoms with Crippen molar-refractivity contribution in [3.05, 3.63) is 70.8 Å². The molecule has 32 heavy (non-hydrogen) atoms. The number of alkyl halides is 3. The van der Waals surface area contributed by atoms with Gasteiger partial charge in [-0.15, -0.1) is 0 Å². The molecule has 172 valence electrons. The summed E-state index contributed by atoms with van der Waals surface area (Å²) in [6.45, 7) is 4.85. The van der Waals surface area contributed by atoms with Crippen molar-refractivity contribution < 1.29 is 22.8 Å². The molecule has 0 saturated carbocycles. The van der Waals surface area contributed by atoms with E-state index in [0.717, 1.165) is 24.5 Å². The molecule has 1 fully saturated rings. The van der Waals surface area contributed by atoms with E-state index in [1.807, 2.05) is 19.9 Å². The molecule has 2 N–H and O–H groups in total. The van der Waals surface area contributed by atoms with Crippen LogP contribution in [0, 0.1) is 0 Å². The third-order valence-electron chi connectivity index (χ3n) is 5.50. The van der Waals surface area contributed by atoms with Crippen molar-refractivity contribution in [1.82, 2.24) is 15.5 Å². The number of benzene rings is 2. The summed E-state index contributed by atoms with van der Waals surface area (Å²) in [5.74, 6) is -0.339. The summed E-state index contributed by atoms with van der Waals surface area (Å²) in [5, 5.41) is 5.50. The topological polar surface area (TPSA) is 61.4 Å². The largest absolute Gasteiger partial charge is 0.416 e. The van der Waals surface area contributed by atoms with E-state index in [1.54, 1.807) is 23.1 Å². The maximum absolute atomic E-state index is 13.2. The Balaban J connectivity index is 1.67. The zero-order chi connectivity index (χ0) is 23.3. The Bertz CT molecular complexity index is 960. The highest BCUT2D eigenvalue weighted by Crippen LogP contribution is 2.32. The SMILES string of the molecule is CC(C)NC(=O)N1CCC[C@H](c2cccc(C(=O)NCc3ccccc3C(F)(F)F)c2)C1. The molecular weight excluding hydrogens is 419 g/mol. The molecular formula is C24H28F3N3O2. The van der Waals surface area contributed by atoms with E-state index in [1.165, 1.54) is 18.2 Å². The lowest BCUT2D eigenvalue weighted by atomic mass is 9.89. The van der Waals surface area contributed by atoms with Gasteiger partial charge >= 0.3 is 12.2 Å². The molecule has 0 aliphatic carbocycles. The van der Waals surface area contributed by atoms with Crippen LogP contribution < -0.4 is 10.6 Å². The van der Waals surface area contributed by atoms with Gasteiger partial charge < -0.3 is 15.5 Å². The molecule has 3 amide bonds. The van der Waals surface area contributed by atoms with Gasteiger partial charge in [0.15, 0.2) is 0 Å². The van der Waals surface area contributed by atoms with Crippen LogP contribution in [-0.2, 0) is 12.7 Å². The van der Waals surface area contributed by atoms with Crippen LogP contribution in [0.5, 0.6) is 0 Å². The van der Waals surface area contributed by atoms with Gasteiger partial charge in [-0.1, -0.05) is 30.3 Å². The van der Waals surface area contributed by atoms with Crippen LogP contribution >= 0.6 is 0 Å². The summed E-state index contributed by atoms with van der Waals surface area (Å²) in [5.41, 5.74) is 0.589. The minimum atomic E-state index is -4.48. The van der Waals surface area contributed by atoms with E-state index < -0.39 is 17.6 Å². The van der Waals surface area contributed by atoms with Crippen molar-refractivity contribution in [3.63, 3.8) is 0 Å². The highest BCUT2D eigenvalue weighted by atomic mass is 19.4. The van der Waals surface area contributed by atoms with Crippen molar-refractivity contribution in [1.29, 1.82) is 0 Å². The Morgan fingerprint density at radius 3 is 2.59 bits per heavy atom. The van der Waals surface area contributed by atoms with Gasteiger partial charge in [0.25, 0.3) is 5.91 Å². The molecule has 0 radical (unpaired) electrons. The lowest BCUT2D eigenvalue weighted by molar-refractivity contribution is -0.138. The van der Waals surface area contributed by atoms with E-state index in [4.69, 9.17) is 0 Å². The predicted octanol–water partition coefficient (Wildman–Crippen LogP) is 4.93. The first-order chi connectivity index (χ1) is 15.1. The van der Waals surface area contributed by atoms with E-state index in [2.05, 4.69) is 10.6 Å². The number of hydrogen-bond donors (Lipinski definition) is 2. The first kappa shape index (κ1) is 23.6. The molecule has 0 unspecified atom stereocenters. The first-order valence-corrected chi connectivity index (χ1v) is 10.7. The number of nitrogens with one attached hydrogen (secondary N) is 2. The number of urea groups is 1. The molecule has 2 aromatic rings. The number of hydrogen-bond acceptors (Lipinski definition) is 2. The second-order valence-electron chi connectivity index (χ2n) is 8.35. The van der Waals surface area contributed by atoms with Gasteiger partial charge in [-0.25, -0.2) is 4.79 Å². The van der Waals surface area contributed by atoms with Gasteiger partial charge in [-0.2, -0.15) is 13.2 Å². The fourth-order valence-corrected chi connectivity index (χ4v) is 3.93. The van der Waals surface area contributed by atoms with Crippen LogP contribution in [0.2, 0.25) is 0 Å². The average Bonchev–Trinajstić information content (AvgIpc) is 2.77. The molecule has 1 saturated heterocycles. The third kappa shape index (κ3) is 6.02. The maximum Gasteiger partial charge on any atom is 0.416 e. The molecule has 5 nitrogen and oxygen atoms in total. The number of piperidine rings is 1. The van der Waals surface area contributed by atoms with Crippen molar-refractivity contribution in [2.45, 2.75) is 51.4 Å². The second-order valence-corrected chi connectivity index (χ2v) is 8.35. The summed E-state index contributed by atoms with van der Waals surface area (Å²) in [7, 11) is 0. The number of amides is 3. The van der Waals surface area contributed by atoms with Gasteiger partial charge in [-0.3, -0.25) is 4.79 Å². The number of carbonyl (C=O) groups is 2. The average molecular weight is 448 g/mol. The van der Waals surface area contributed by atoms with Gasteiger partial charge in [-0.05, 0) is 56.0 Å². The molecule has 0 aromatic heterocycles.